The van der Waals surface area contributed by atoms with Gasteiger partial charge in [-0.3, -0.25) is 0 Å². The van der Waals surface area contributed by atoms with Gasteiger partial charge in [-0.2, -0.15) is 0 Å². The predicted molar refractivity (Wildman–Crippen MR) is 69.6 cm³/mol. The highest BCUT2D eigenvalue weighted by atomic mass is 32.2. The van der Waals surface area contributed by atoms with Crippen molar-refractivity contribution >= 4 is 25.5 Å². The molecule has 1 heterocycles. The third-order valence-electron chi connectivity index (χ3n) is 1.66. The van der Waals surface area contributed by atoms with Crippen molar-refractivity contribution in [2.75, 3.05) is 24.0 Å². The molecular weight excluding hydrogens is 264 g/mol. The Labute approximate surface area is 104 Å². The highest BCUT2D eigenvalue weighted by Gasteiger charge is 2.16. The molecule has 5 nitrogen and oxygen atoms in total. The molecule has 0 aromatic carbocycles. The van der Waals surface area contributed by atoms with E-state index in [2.05, 4.69) is 0 Å². The molecule has 0 unspecified atom stereocenters. The van der Waals surface area contributed by atoms with E-state index in [9.17, 15) is 21.6 Å². The van der Waals surface area contributed by atoms with Crippen LogP contribution in [0.2, 0.25) is 0 Å². The van der Waals surface area contributed by atoms with Crippen LogP contribution in [0.15, 0.2) is 0 Å². The molecule has 1 rings (SSSR count). The van der Waals surface area contributed by atoms with Gasteiger partial charge < -0.3 is 4.79 Å². The minimum Gasteiger partial charge on any atom is -0.300 e. The lowest BCUT2D eigenvalue weighted by Crippen LogP contribution is -1.98. The Bertz CT molecular complexity index is 386. The molecule has 0 spiro atoms. The molecule has 1 saturated heterocycles. The van der Waals surface area contributed by atoms with Crippen LogP contribution in [-0.4, -0.2) is 46.6 Å². The molecule has 1 aliphatic rings. The molecule has 0 saturated carbocycles. The lowest BCUT2D eigenvalue weighted by Gasteiger charge is -1.81. The lowest BCUT2D eigenvalue weighted by atomic mass is 10.4. The zero-order valence-electron chi connectivity index (χ0n) is 10.9. The Hall–Kier alpha value is -0.430. The maximum absolute atomic E-state index is 10.4. The third kappa shape index (κ3) is 25.7. The molecule has 0 atom stereocenters. The van der Waals surface area contributed by atoms with Crippen molar-refractivity contribution in [1.29, 1.82) is 0 Å². The molecule has 0 amide bonds. The highest BCUT2D eigenvalue weighted by molar-refractivity contribution is 7.91. The first-order valence-corrected chi connectivity index (χ1v) is 9.45. The molecule has 1 aliphatic heterocycles. The first kappa shape index (κ1) is 18.9. The Kier molecular flexibility index (Phi) is 9.61. The van der Waals surface area contributed by atoms with E-state index in [1.54, 1.807) is 6.92 Å². The van der Waals surface area contributed by atoms with Crippen molar-refractivity contribution in [2.45, 2.75) is 33.1 Å². The minimum absolute atomic E-state index is 0.255. The smallest absolute Gasteiger partial charge is 0.150 e. The van der Waals surface area contributed by atoms with Crippen LogP contribution in [0.1, 0.15) is 33.1 Å². The van der Waals surface area contributed by atoms with Crippen LogP contribution in [0, 0.1) is 0 Å². The van der Waals surface area contributed by atoms with E-state index in [-0.39, 0.29) is 5.78 Å². The third-order valence-corrected chi connectivity index (χ3v) is 3.48. The second-order valence-electron chi connectivity index (χ2n) is 4.06. The average Bonchev–Trinajstić information content (AvgIpc) is 2.48. The SMILES string of the molecule is CCC(C)=O.CS(C)(=O)=O.O=S1(=O)CCCC1. The lowest BCUT2D eigenvalue weighted by molar-refractivity contribution is -0.116. The summed E-state index contributed by atoms with van der Waals surface area (Å²) in [6, 6.07) is 0. The standard InChI is InChI=1S/C4H8O2S.C4H8O.C2H6O2S/c5-7(6)3-1-2-4-7;1-3-4(2)5;1-5(2,3)4/h1-4H2;3H2,1-2H3;1-2H3. The van der Waals surface area contributed by atoms with Gasteiger partial charge in [-0.25, -0.2) is 16.8 Å². The first-order chi connectivity index (χ1) is 7.48. The van der Waals surface area contributed by atoms with Gasteiger partial charge in [0, 0.05) is 18.9 Å². The molecule has 0 radical (unpaired) electrons. The predicted octanol–water partition coefficient (Wildman–Crippen LogP) is 0.841. The van der Waals surface area contributed by atoms with Gasteiger partial charge in [0.1, 0.15) is 25.5 Å². The molecule has 0 aliphatic carbocycles. The number of Topliss-reactive ketones (excluding diaryl/α,β-unsaturated/α-hetero) is 1. The van der Waals surface area contributed by atoms with E-state index >= 15 is 0 Å². The molecule has 0 N–H and O–H groups in total. The van der Waals surface area contributed by atoms with Crippen molar-refractivity contribution < 1.29 is 21.6 Å². The quantitative estimate of drug-likeness (QED) is 0.713. The Balaban J connectivity index is 0. The van der Waals surface area contributed by atoms with E-state index in [4.69, 9.17) is 0 Å². The van der Waals surface area contributed by atoms with E-state index in [0.29, 0.717) is 17.9 Å². The minimum atomic E-state index is -2.67. The van der Waals surface area contributed by atoms with Crippen LogP contribution < -0.4 is 0 Å². The van der Waals surface area contributed by atoms with Gasteiger partial charge in [0.15, 0.2) is 0 Å². The number of rotatable bonds is 1. The summed E-state index contributed by atoms with van der Waals surface area (Å²) in [5.41, 5.74) is 0. The van der Waals surface area contributed by atoms with Crippen molar-refractivity contribution in [3.8, 4) is 0 Å². The molecule has 0 aromatic rings. The molecule has 1 fully saturated rings. The monoisotopic (exact) mass is 286 g/mol. The zero-order chi connectivity index (χ0) is 14.1. The second kappa shape index (κ2) is 8.63. The van der Waals surface area contributed by atoms with Gasteiger partial charge in [0.2, 0.25) is 0 Å². The van der Waals surface area contributed by atoms with Crippen molar-refractivity contribution in [2.24, 2.45) is 0 Å². The number of sulfone groups is 2. The number of carbonyl (C=O) groups is 1. The van der Waals surface area contributed by atoms with Crippen LogP contribution in [0.3, 0.4) is 0 Å². The van der Waals surface area contributed by atoms with Crippen LogP contribution in [0.4, 0.5) is 0 Å². The molecular formula is C10H22O5S2. The van der Waals surface area contributed by atoms with Crippen molar-refractivity contribution in [3.05, 3.63) is 0 Å². The molecule has 0 aromatic heterocycles. The van der Waals surface area contributed by atoms with E-state index in [1.807, 2.05) is 6.92 Å². The van der Waals surface area contributed by atoms with Gasteiger partial charge in [-0.15, -0.1) is 0 Å². The molecule has 0 bridgehead atoms. The number of carbonyl (C=O) groups excluding carboxylic acids is 1. The molecule has 17 heavy (non-hydrogen) atoms. The zero-order valence-corrected chi connectivity index (χ0v) is 12.5. The Morgan fingerprint density at radius 1 is 1.12 bits per heavy atom. The van der Waals surface area contributed by atoms with E-state index in [1.165, 1.54) is 0 Å². The second-order valence-corrected chi connectivity index (χ2v) is 8.65. The van der Waals surface area contributed by atoms with Gasteiger partial charge in [-0.05, 0) is 19.8 Å². The molecule has 7 heteroatoms. The normalized spacial score (nSPS) is 17.2. The maximum atomic E-state index is 10.4. The van der Waals surface area contributed by atoms with Crippen LogP contribution >= 0.6 is 0 Å². The number of hydrogen-bond donors (Lipinski definition) is 0. The van der Waals surface area contributed by atoms with Crippen LogP contribution in [0.25, 0.3) is 0 Å². The topological polar surface area (TPSA) is 85.3 Å². The largest absolute Gasteiger partial charge is 0.300 e. The Morgan fingerprint density at radius 3 is 1.41 bits per heavy atom. The summed E-state index contributed by atoms with van der Waals surface area (Å²) in [7, 11) is -5.21. The first-order valence-electron chi connectivity index (χ1n) is 5.33. The van der Waals surface area contributed by atoms with Crippen molar-refractivity contribution in [3.63, 3.8) is 0 Å². The van der Waals surface area contributed by atoms with Gasteiger partial charge in [-0.1, -0.05) is 6.92 Å². The summed E-state index contributed by atoms with van der Waals surface area (Å²) in [5, 5.41) is 0. The van der Waals surface area contributed by atoms with Crippen molar-refractivity contribution in [1.82, 2.24) is 0 Å². The fourth-order valence-corrected chi connectivity index (χ4v) is 2.24. The van der Waals surface area contributed by atoms with Crippen LogP contribution in [0.5, 0.6) is 0 Å². The van der Waals surface area contributed by atoms with Gasteiger partial charge in [0.05, 0.1) is 11.5 Å². The summed E-state index contributed by atoms with van der Waals surface area (Å²) < 4.78 is 40.1. The fourth-order valence-electron chi connectivity index (χ4n) is 0.746. The summed E-state index contributed by atoms with van der Waals surface area (Å²) in [6.07, 6.45) is 4.74. The van der Waals surface area contributed by atoms with Gasteiger partial charge in [0.25, 0.3) is 0 Å². The van der Waals surface area contributed by atoms with E-state index in [0.717, 1.165) is 25.4 Å². The fraction of sp³-hybridized carbons (Fsp3) is 0.900. The maximum Gasteiger partial charge on any atom is 0.150 e. The summed E-state index contributed by atoms with van der Waals surface area (Å²) in [4.78, 5) is 9.81. The van der Waals surface area contributed by atoms with Crippen LogP contribution in [-0.2, 0) is 24.5 Å². The van der Waals surface area contributed by atoms with Gasteiger partial charge >= 0.3 is 0 Å². The number of ketones is 1. The summed E-state index contributed by atoms with van der Waals surface area (Å²) in [5.74, 6) is 1.10. The number of hydrogen-bond acceptors (Lipinski definition) is 5. The molecule has 104 valence electrons. The average molecular weight is 286 g/mol. The highest BCUT2D eigenvalue weighted by Crippen LogP contribution is 2.08. The van der Waals surface area contributed by atoms with E-state index < -0.39 is 19.7 Å². The summed E-state index contributed by atoms with van der Waals surface area (Å²) >= 11 is 0. The Morgan fingerprint density at radius 2 is 1.35 bits per heavy atom. The summed E-state index contributed by atoms with van der Waals surface area (Å²) in [6.45, 7) is 3.43.